The fraction of sp³-hybridized carbons (Fsp3) is 0.306. The van der Waals surface area contributed by atoms with Crippen LogP contribution in [0.5, 0.6) is 17.2 Å². The van der Waals surface area contributed by atoms with Gasteiger partial charge in [-0.1, -0.05) is 0 Å². The molecule has 3 aromatic carbocycles. The predicted molar refractivity (Wildman–Crippen MR) is 369 cm³/mol. The lowest BCUT2D eigenvalue weighted by atomic mass is 10.1. The zero-order chi connectivity index (χ0) is 69.9. The minimum absolute atomic E-state index is 0.116. The van der Waals surface area contributed by atoms with Crippen molar-refractivity contribution in [2.75, 3.05) is 60.6 Å². The van der Waals surface area contributed by atoms with Crippen LogP contribution in [0.15, 0.2) is 128 Å². The molecule has 0 atom stereocenters. The van der Waals surface area contributed by atoms with E-state index in [1.54, 1.807) is 72.8 Å². The molecule has 0 saturated heterocycles. The summed E-state index contributed by atoms with van der Waals surface area (Å²) in [4.78, 5) is 39.4. The molecular weight excluding hydrogens is 1260 g/mol. The average molecular weight is 1340 g/mol. The molecule has 512 valence electrons. The SMILES string of the molecule is CNC(=O)c1nn(C)c(C)c1CCOc1ccc(F)cc1-c1ccc2ncc(CCN)n2c1.Cc1c(CCOc2ccc(F)cc2-c2ccc3ncc(CCN)n3c2)c(C(=O)N(C)C)nn1C.Cc1c(CCOc2ccc(F)cc2-c2ccc3ncc(CCN)n3c2)c(CO)nn1C. The van der Waals surface area contributed by atoms with Crippen molar-refractivity contribution in [2.24, 2.45) is 38.3 Å². The standard InChI is InChI=1S/C25H29FN6O2.C24H27FN6O2.C23H26FN5O2/c1-16-20(24(29-31(16)4)25(33)30(2)3)10-12-34-22-7-6-18(26)13-21(22)17-5-8-23-28-14-19(9-11-27)32(23)15-17;1-15-19(23(24(32)27-2)29-30(15)3)9-11-33-21-6-5-17(25)12-20(21)16-4-7-22-28-13-18(8-10-26)31(22)14-16;1-15-19(21(14-30)27-28(15)2)8-10-31-22-5-4-17(24)11-20(22)16-3-6-23-26-12-18(7-9-25)29(23)13-16/h5-8,13-15H,9-12,27H2,1-4H3;4-7,12-14H,8-11,26H2,1-3H3,(H,27,32);3-6,11-13,30H,7-10,14,25H2,1-2H3. The number of aliphatic hydroxyl groups excluding tert-OH is 1. The maximum atomic E-state index is 14.2. The van der Waals surface area contributed by atoms with Gasteiger partial charge in [0, 0.05) is 202 Å². The van der Waals surface area contributed by atoms with E-state index in [2.05, 4.69) is 35.6 Å². The number of hydrogen-bond donors (Lipinski definition) is 5. The minimum Gasteiger partial charge on any atom is -0.493 e. The van der Waals surface area contributed by atoms with E-state index in [9.17, 15) is 27.9 Å². The number of nitrogens with two attached hydrogens (primary N) is 3. The van der Waals surface area contributed by atoms with Gasteiger partial charge in [-0.3, -0.25) is 23.6 Å². The smallest absolute Gasteiger partial charge is 0.274 e. The second-order valence-electron chi connectivity index (χ2n) is 23.7. The van der Waals surface area contributed by atoms with Crippen molar-refractivity contribution in [3.05, 3.63) is 214 Å². The van der Waals surface area contributed by atoms with Crippen molar-refractivity contribution in [3.63, 3.8) is 0 Å². The number of ether oxygens (including phenoxy) is 3. The number of fused-ring (bicyclic) bond motifs is 3. The molecule has 0 aliphatic carbocycles. The van der Waals surface area contributed by atoms with Crippen molar-refractivity contribution in [3.8, 4) is 50.6 Å². The van der Waals surface area contributed by atoms with Gasteiger partial charge in [0.25, 0.3) is 11.8 Å². The molecule has 0 unspecified atom stereocenters. The van der Waals surface area contributed by atoms with E-state index in [1.807, 2.05) is 109 Å². The number of pyridine rings is 3. The summed E-state index contributed by atoms with van der Waals surface area (Å²) in [6.07, 6.45) is 14.8. The van der Waals surface area contributed by atoms with Crippen LogP contribution in [0.25, 0.3) is 50.3 Å². The Labute approximate surface area is 565 Å². The summed E-state index contributed by atoms with van der Waals surface area (Å²) in [5.41, 5.74) is 33.8. The van der Waals surface area contributed by atoms with Gasteiger partial charge in [-0.2, -0.15) is 15.3 Å². The normalized spacial score (nSPS) is 11.3. The third-order valence-corrected chi connectivity index (χ3v) is 17.2. The molecule has 8 N–H and O–H groups in total. The molecule has 26 heteroatoms. The maximum Gasteiger partial charge on any atom is 0.274 e. The Balaban J connectivity index is 0.000000159. The van der Waals surface area contributed by atoms with E-state index in [0.717, 1.165) is 84.5 Å². The monoisotopic (exact) mass is 1340 g/mol. The van der Waals surface area contributed by atoms with Crippen molar-refractivity contribution in [1.29, 1.82) is 0 Å². The Hall–Kier alpha value is -10.7. The lowest BCUT2D eigenvalue weighted by Crippen LogP contribution is -2.23. The van der Waals surface area contributed by atoms with E-state index in [-0.39, 0.29) is 35.9 Å². The highest BCUT2D eigenvalue weighted by atomic mass is 19.1. The van der Waals surface area contributed by atoms with E-state index in [0.29, 0.717) is 129 Å². The Morgan fingerprint density at radius 3 is 1.20 bits per heavy atom. The summed E-state index contributed by atoms with van der Waals surface area (Å²) >= 11 is 0. The first-order valence-corrected chi connectivity index (χ1v) is 32.1. The summed E-state index contributed by atoms with van der Waals surface area (Å²) in [6, 6.07) is 24.8. The average Bonchev–Trinajstić information content (AvgIpc) is 1.74. The Morgan fingerprint density at radius 1 is 0.500 bits per heavy atom. The van der Waals surface area contributed by atoms with Crippen LogP contribution in [0.2, 0.25) is 0 Å². The second-order valence-corrected chi connectivity index (χ2v) is 23.7. The molecule has 0 bridgehead atoms. The third kappa shape index (κ3) is 15.6. The predicted octanol–water partition coefficient (Wildman–Crippen LogP) is 8.47. The molecule has 0 saturated carbocycles. The summed E-state index contributed by atoms with van der Waals surface area (Å²) in [5.74, 6) is 0.283. The molecule has 9 aromatic heterocycles. The minimum atomic E-state index is -0.352. The number of rotatable bonds is 24. The number of aliphatic hydroxyl groups is 1. The lowest BCUT2D eigenvalue weighted by Gasteiger charge is -2.14. The first-order valence-electron chi connectivity index (χ1n) is 32.1. The number of carbonyl (C=O) groups excluding carboxylic acids is 2. The highest BCUT2D eigenvalue weighted by molar-refractivity contribution is 5.94. The molecule has 98 heavy (non-hydrogen) atoms. The summed E-state index contributed by atoms with van der Waals surface area (Å²) in [5, 5.41) is 25.2. The molecule has 0 radical (unpaired) electrons. The highest BCUT2D eigenvalue weighted by Crippen LogP contribution is 2.35. The fourth-order valence-corrected chi connectivity index (χ4v) is 11.7. The maximum absolute atomic E-state index is 14.2. The molecule has 12 rings (SSSR count). The Kier molecular flexibility index (Phi) is 22.5. The van der Waals surface area contributed by atoms with Crippen LogP contribution in [0.3, 0.4) is 0 Å². The van der Waals surface area contributed by atoms with Gasteiger partial charge in [-0.15, -0.1) is 0 Å². The molecule has 9 heterocycles. The quantitative estimate of drug-likeness (QED) is 0.0379. The zero-order valence-electron chi connectivity index (χ0n) is 56.5. The zero-order valence-corrected chi connectivity index (χ0v) is 56.5. The summed E-state index contributed by atoms with van der Waals surface area (Å²) in [7, 11) is 10.4. The topological polar surface area (TPSA) is 281 Å². The number of benzene rings is 3. The second kappa shape index (κ2) is 31.5. The number of carbonyl (C=O) groups is 2. The number of halogens is 3. The first kappa shape index (κ1) is 70.1. The van der Waals surface area contributed by atoms with E-state index >= 15 is 0 Å². The molecule has 0 spiro atoms. The molecule has 0 fully saturated rings. The number of aryl methyl sites for hydroxylation is 3. The molecule has 2 amide bonds. The van der Waals surface area contributed by atoms with Crippen LogP contribution in [-0.2, 0) is 66.3 Å². The van der Waals surface area contributed by atoms with Crippen LogP contribution in [0, 0.1) is 38.2 Å². The van der Waals surface area contributed by atoms with Gasteiger partial charge < -0.3 is 59.9 Å². The van der Waals surface area contributed by atoms with Gasteiger partial charge >= 0.3 is 0 Å². The molecule has 12 aromatic rings. The van der Waals surface area contributed by atoms with Crippen molar-refractivity contribution in [1.82, 2.24) is 67.7 Å². The number of nitrogens with one attached hydrogen (secondary N) is 1. The fourth-order valence-electron chi connectivity index (χ4n) is 11.7. The van der Waals surface area contributed by atoms with Crippen LogP contribution < -0.4 is 36.7 Å². The van der Waals surface area contributed by atoms with Gasteiger partial charge in [-0.25, -0.2) is 28.1 Å². The van der Waals surface area contributed by atoms with Gasteiger partial charge in [-0.05, 0) is 131 Å². The number of aromatic nitrogens is 12. The van der Waals surface area contributed by atoms with Crippen LogP contribution >= 0.6 is 0 Å². The number of amides is 2. The first-order chi connectivity index (χ1) is 47.2. The molecule has 0 aliphatic rings. The van der Waals surface area contributed by atoms with Gasteiger partial charge in [0.2, 0.25) is 0 Å². The molecular formula is C72H82F3N17O6. The Bertz CT molecular complexity index is 4810. The van der Waals surface area contributed by atoms with Gasteiger partial charge in [0.15, 0.2) is 11.4 Å². The van der Waals surface area contributed by atoms with Crippen molar-refractivity contribution < 1.29 is 42.1 Å². The van der Waals surface area contributed by atoms with Crippen LogP contribution in [0.1, 0.15) is 77.5 Å². The van der Waals surface area contributed by atoms with Crippen LogP contribution in [-0.4, -0.2) is 140 Å². The third-order valence-electron chi connectivity index (χ3n) is 17.2. The van der Waals surface area contributed by atoms with Crippen molar-refractivity contribution in [2.45, 2.75) is 65.9 Å². The molecule has 0 aliphatic heterocycles. The van der Waals surface area contributed by atoms with E-state index in [4.69, 9.17) is 31.4 Å². The highest BCUT2D eigenvalue weighted by Gasteiger charge is 2.23. The number of imidazole rings is 3. The van der Waals surface area contributed by atoms with Gasteiger partial charge in [0.05, 0.1) is 32.1 Å². The van der Waals surface area contributed by atoms with Gasteiger partial charge in [0.1, 0.15) is 51.6 Å². The Morgan fingerprint density at radius 2 is 0.847 bits per heavy atom. The van der Waals surface area contributed by atoms with Crippen molar-refractivity contribution >= 4 is 28.8 Å². The largest absolute Gasteiger partial charge is 0.493 e. The number of hydrogen-bond acceptors (Lipinski definition) is 15. The van der Waals surface area contributed by atoms with E-state index < -0.39 is 0 Å². The lowest BCUT2D eigenvalue weighted by molar-refractivity contribution is 0.0819. The summed E-state index contributed by atoms with van der Waals surface area (Å²) in [6.45, 7) is 8.23. The molecule has 23 nitrogen and oxygen atoms in total. The van der Waals surface area contributed by atoms with E-state index in [1.165, 1.54) is 41.3 Å². The van der Waals surface area contributed by atoms with Crippen LogP contribution in [0.4, 0.5) is 13.2 Å². The summed E-state index contributed by atoms with van der Waals surface area (Å²) < 4.78 is 71.7. The number of nitrogens with zero attached hydrogens (tertiary/aromatic N) is 13.